The molecule has 1 atom stereocenters. The van der Waals surface area contributed by atoms with Crippen LogP contribution in [0, 0.1) is 5.41 Å². The van der Waals surface area contributed by atoms with Crippen molar-refractivity contribution in [2.24, 2.45) is 5.41 Å². The standard InChI is InChI=1S/C13H25N/c1-2-3-11-14-12-7-10-13(12)8-5-4-6-9-13/h12,14H,2-11H2,1H3. The van der Waals surface area contributed by atoms with E-state index in [0.29, 0.717) is 0 Å². The second kappa shape index (κ2) is 4.65. The Morgan fingerprint density at radius 2 is 1.93 bits per heavy atom. The second-order valence-corrected chi connectivity index (χ2v) is 5.32. The fourth-order valence-electron chi connectivity index (χ4n) is 3.32. The molecule has 0 saturated heterocycles. The molecule has 2 aliphatic rings. The number of nitrogens with one attached hydrogen (secondary N) is 1. The normalized spacial score (nSPS) is 30.2. The third kappa shape index (κ3) is 1.98. The van der Waals surface area contributed by atoms with E-state index in [1.807, 2.05) is 0 Å². The molecule has 0 bridgehead atoms. The van der Waals surface area contributed by atoms with Gasteiger partial charge in [-0.15, -0.1) is 0 Å². The molecule has 0 radical (unpaired) electrons. The van der Waals surface area contributed by atoms with E-state index < -0.39 is 0 Å². The summed E-state index contributed by atoms with van der Waals surface area (Å²) in [5.74, 6) is 0. The molecule has 1 nitrogen and oxygen atoms in total. The first-order valence-electron chi connectivity index (χ1n) is 6.61. The minimum atomic E-state index is 0.756. The third-order valence-corrected chi connectivity index (χ3v) is 4.44. The van der Waals surface area contributed by atoms with Crippen LogP contribution in [0.15, 0.2) is 0 Å². The van der Waals surface area contributed by atoms with E-state index in [2.05, 4.69) is 12.2 Å². The Hall–Kier alpha value is -0.0400. The number of unbranched alkanes of at least 4 members (excludes halogenated alkanes) is 1. The lowest BCUT2D eigenvalue weighted by Gasteiger charge is -2.52. The molecule has 2 saturated carbocycles. The first kappa shape index (κ1) is 10.5. The van der Waals surface area contributed by atoms with Crippen LogP contribution in [0.5, 0.6) is 0 Å². The second-order valence-electron chi connectivity index (χ2n) is 5.32. The molecule has 0 heterocycles. The van der Waals surface area contributed by atoms with Gasteiger partial charge >= 0.3 is 0 Å². The average molecular weight is 195 g/mol. The van der Waals surface area contributed by atoms with E-state index in [-0.39, 0.29) is 0 Å². The van der Waals surface area contributed by atoms with Gasteiger partial charge in [0.1, 0.15) is 0 Å². The minimum absolute atomic E-state index is 0.756. The van der Waals surface area contributed by atoms with Crippen molar-refractivity contribution in [3.8, 4) is 0 Å². The van der Waals surface area contributed by atoms with Gasteiger partial charge in [0.25, 0.3) is 0 Å². The molecule has 0 aromatic carbocycles. The molecule has 0 aliphatic heterocycles. The van der Waals surface area contributed by atoms with Crippen molar-refractivity contribution < 1.29 is 0 Å². The fourth-order valence-corrected chi connectivity index (χ4v) is 3.32. The molecule has 2 rings (SSSR count). The van der Waals surface area contributed by atoms with Crippen molar-refractivity contribution in [2.45, 2.75) is 70.8 Å². The van der Waals surface area contributed by atoms with E-state index in [1.165, 1.54) is 64.3 Å². The largest absolute Gasteiger partial charge is 0.313 e. The topological polar surface area (TPSA) is 12.0 Å². The molecule has 14 heavy (non-hydrogen) atoms. The van der Waals surface area contributed by atoms with Gasteiger partial charge in [0.05, 0.1) is 0 Å². The Balaban J connectivity index is 1.76. The lowest BCUT2D eigenvalue weighted by Crippen LogP contribution is -2.54. The quantitative estimate of drug-likeness (QED) is 0.677. The van der Waals surface area contributed by atoms with Crippen LogP contribution < -0.4 is 5.32 Å². The summed E-state index contributed by atoms with van der Waals surface area (Å²) in [5.41, 5.74) is 0.756. The first-order chi connectivity index (χ1) is 6.87. The van der Waals surface area contributed by atoms with Crippen LogP contribution in [-0.4, -0.2) is 12.6 Å². The van der Waals surface area contributed by atoms with E-state index in [1.54, 1.807) is 0 Å². The van der Waals surface area contributed by atoms with E-state index in [4.69, 9.17) is 0 Å². The molecule has 1 N–H and O–H groups in total. The summed E-state index contributed by atoms with van der Waals surface area (Å²) in [5, 5.41) is 3.78. The van der Waals surface area contributed by atoms with E-state index in [9.17, 15) is 0 Å². The summed E-state index contributed by atoms with van der Waals surface area (Å²) >= 11 is 0. The van der Waals surface area contributed by atoms with Gasteiger partial charge in [-0.2, -0.15) is 0 Å². The van der Waals surface area contributed by atoms with Crippen LogP contribution in [0.25, 0.3) is 0 Å². The maximum absolute atomic E-state index is 3.78. The summed E-state index contributed by atoms with van der Waals surface area (Å²) < 4.78 is 0. The molecule has 1 heteroatoms. The number of hydrogen-bond acceptors (Lipinski definition) is 1. The number of rotatable bonds is 4. The molecule has 0 amide bonds. The molecule has 0 aromatic rings. The van der Waals surface area contributed by atoms with Gasteiger partial charge in [0.2, 0.25) is 0 Å². The van der Waals surface area contributed by atoms with Crippen LogP contribution in [0.4, 0.5) is 0 Å². The van der Waals surface area contributed by atoms with Gasteiger partial charge in [-0.1, -0.05) is 32.6 Å². The van der Waals surface area contributed by atoms with Crippen LogP contribution >= 0.6 is 0 Å². The third-order valence-electron chi connectivity index (χ3n) is 4.44. The van der Waals surface area contributed by atoms with Crippen molar-refractivity contribution >= 4 is 0 Å². The predicted octanol–water partition coefficient (Wildman–Crippen LogP) is 3.49. The molecule has 0 aromatic heterocycles. The first-order valence-corrected chi connectivity index (χ1v) is 6.61. The molecule has 2 fully saturated rings. The average Bonchev–Trinajstić information content (AvgIpc) is 2.24. The zero-order valence-electron chi connectivity index (χ0n) is 9.65. The Labute approximate surface area is 88.7 Å². The van der Waals surface area contributed by atoms with Crippen molar-refractivity contribution in [3.05, 3.63) is 0 Å². The van der Waals surface area contributed by atoms with Gasteiger partial charge in [-0.3, -0.25) is 0 Å². The lowest BCUT2D eigenvalue weighted by molar-refractivity contribution is 0.0232. The van der Waals surface area contributed by atoms with E-state index in [0.717, 1.165) is 11.5 Å². The smallest absolute Gasteiger partial charge is 0.0124 e. The van der Waals surface area contributed by atoms with Gasteiger partial charge in [0.15, 0.2) is 0 Å². The summed E-state index contributed by atoms with van der Waals surface area (Å²) in [4.78, 5) is 0. The summed E-state index contributed by atoms with van der Waals surface area (Å²) in [6, 6.07) is 0.884. The Morgan fingerprint density at radius 1 is 1.14 bits per heavy atom. The van der Waals surface area contributed by atoms with Crippen molar-refractivity contribution in [1.29, 1.82) is 0 Å². The van der Waals surface area contributed by atoms with Crippen LogP contribution in [0.2, 0.25) is 0 Å². The van der Waals surface area contributed by atoms with Crippen molar-refractivity contribution in [1.82, 2.24) is 5.32 Å². The van der Waals surface area contributed by atoms with Crippen LogP contribution in [-0.2, 0) is 0 Å². The zero-order valence-corrected chi connectivity index (χ0v) is 9.65. The van der Waals surface area contributed by atoms with Gasteiger partial charge in [-0.05, 0) is 44.1 Å². The number of hydrogen-bond donors (Lipinski definition) is 1. The lowest BCUT2D eigenvalue weighted by atomic mass is 9.57. The highest BCUT2D eigenvalue weighted by Crippen LogP contribution is 2.51. The highest BCUT2D eigenvalue weighted by molar-refractivity contribution is 5.01. The zero-order chi connectivity index (χ0) is 9.86. The minimum Gasteiger partial charge on any atom is -0.313 e. The summed E-state index contributed by atoms with van der Waals surface area (Å²) in [6.07, 6.45) is 13.1. The molecular weight excluding hydrogens is 170 g/mol. The molecule has 1 spiro atoms. The maximum atomic E-state index is 3.78. The van der Waals surface area contributed by atoms with Crippen molar-refractivity contribution in [2.75, 3.05) is 6.54 Å². The predicted molar refractivity (Wildman–Crippen MR) is 61.5 cm³/mol. The monoisotopic (exact) mass is 195 g/mol. The summed E-state index contributed by atoms with van der Waals surface area (Å²) in [7, 11) is 0. The van der Waals surface area contributed by atoms with Gasteiger partial charge in [0, 0.05) is 6.04 Å². The van der Waals surface area contributed by atoms with Gasteiger partial charge in [-0.25, -0.2) is 0 Å². The van der Waals surface area contributed by atoms with Gasteiger partial charge < -0.3 is 5.32 Å². The Bertz CT molecular complexity index is 170. The Morgan fingerprint density at radius 3 is 2.50 bits per heavy atom. The molecule has 82 valence electrons. The van der Waals surface area contributed by atoms with Crippen molar-refractivity contribution in [3.63, 3.8) is 0 Å². The van der Waals surface area contributed by atoms with E-state index >= 15 is 0 Å². The fraction of sp³-hybridized carbons (Fsp3) is 1.00. The highest BCUT2D eigenvalue weighted by Gasteiger charge is 2.46. The Kier molecular flexibility index (Phi) is 3.48. The summed E-state index contributed by atoms with van der Waals surface area (Å²) in [6.45, 7) is 3.53. The van der Waals surface area contributed by atoms with Crippen LogP contribution in [0.1, 0.15) is 64.7 Å². The maximum Gasteiger partial charge on any atom is 0.0124 e. The highest BCUT2D eigenvalue weighted by atomic mass is 15.0. The molecule has 2 aliphatic carbocycles. The molecular formula is C13H25N. The SMILES string of the molecule is CCCCNC1CCC12CCCCC2. The molecule has 1 unspecified atom stereocenters. The van der Waals surface area contributed by atoms with Crippen LogP contribution in [0.3, 0.4) is 0 Å².